The fourth-order valence-electron chi connectivity index (χ4n) is 2.23. The number of para-hydroxylation sites is 1. The van der Waals surface area contributed by atoms with Gasteiger partial charge in [-0.25, -0.2) is 4.68 Å². The maximum Gasteiger partial charge on any atom is 0.0973 e. The Labute approximate surface area is 112 Å². The van der Waals surface area contributed by atoms with Crippen LogP contribution < -0.4 is 5.73 Å². The van der Waals surface area contributed by atoms with Crippen LogP contribution in [0.15, 0.2) is 60.8 Å². The van der Waals surface area contributed by atoms with E-state index in [1.165, 1.54) is 5.56 Å². The minimum atomic E-state index is 0.693. The zero-order chi connectivity index (χ0) is 13.2. The van der Waals surface area contributed by atoms with Crippen molar-refractivity contribution in [2.24, 2.45) is 0 Å². The lowest BCUT2D eigenvalue weighted by Gasteiger charge is -2.10. The molecule has 0 aliphatic rings. The van der Waals surface area contributed by atoms with Crippen LogP contribution in [0.1, 0.15) is 5.56 Å². The number of hydrogen-bond donors (Lipinski definition) is 1. The van der Waals surface area contributed by atoms with E-state index < -0.39 is 0 Å². The van der Waals surface area contributed by atoms with E-state index >= 15 is 0 Å². The summed E-state index contributed by atoms with van der Waals surface area (Å²) in [6, 6.07) is 18.2. The van der Waals surface area contributed by atoms with Gasteiger partial charge in [-0.05, 0) is 24.6 Å². The van der Waals surface area contributed by atoms with Crippen LogP contribution in [0.5, 0.6) is 0 Å². The first-order valence-electron chi connectivity index (χ1n) is 6.22. The summed E-state index contributed by atoms with van der Waals surface area (Å²) >= 11 is 0. The van der Waals surface area contributed by atoms with Crippen LogP contribution in [0.4, 0.5) is 5.69 Å². The van der Waals surface area contributed by atoms with Crippen molar-refractivity contribution in [3.8, 4) is 16.9 Å². The molecule has 0 bridgehead atoms. The Morgan fingerprint density at radius 2 is 1.63 bits per heavy atom. The Morgan fingerprint density at radius 3 is 2.37 bits per heavy atom. The van der Waals surface area contributed by atoms with Crippen molar-refractivity contribution in [2.75, 3.05) is 5.73 Å². The minimum absolute atomic E-state index is 0.693. The van der Waals surface area contributed by atoms with E-state index in [2.05, 4.69) is 24.2 Å². The highest BCUT2D eigenvalue weighted by atomic mass is 15.3. The summed E-state index contributed by atoms with van der Waals surface area (Å²) in [4.78, 5) is 0. The molecule has 94 valence electrons. The molecule has 0 radical (unpaired) electrons. The Morgan fingerprint density at radius 1 is 0.947 bits per heavy atom. The van der Waals surface area contributed by atoms with Gasteiger partial charge in [0.2, 0.25) is 0 Å². The van der Waals surface area contributed by atoms with Gasteiger partial charge in [-0.3, -0.25) is 0 Å². The molecule has 1 aromatic heterocycles. The van der Waals surface area contributed by atoms with Crippen LogP contribution in [0, 0.1) is 6.92 Å². The molecule has 1 heterocycles. The van der Waals surface area contributed by atoms with Gasteiger partial charge in [-0.2, -0.15) is 5.10 Å². The molecule has 19 heavy (non-hydrogen) atoms. The highest BCUT2D eigenvalue weighted by Gasteiger charge is 2.13. The Hall–Kier alpha value is -2.55. The zero-order valence-corrected chi connectivity index (χ0v) is 10.7. The molecule has 0 atom stereocenters. The number of rotatable bonds is 2. The molecule has 3 heteroatoms. The number of aromatic nitrogens is 2. The summed E-state index contributed by atoms with van der Waals surface area (Å²) in [5.74, 6) is 0. The predicted molar refractivity (Wildman–Crippen MR) is 78.1 cm³/mol. The maximum atomic E-state index is 6.10. The summed E-state index contributed by atoms with van der Waals surface area (Å²) in [6.07, 6.45) is 1.70. The molecule has 0 saturated carbocycles. The number of aryl methyl sites for hydroxylation is 1. The monoisotopic (exact) mass is 249 g/mol. The van der Waals surface area contributed by atoms with E-state index in [-0.39, 0.29) is 0 Å². The lowest BCUT2D eigenvalue weighted by molar-refractivity contribution is 0.887. The van der Waals surface area contributed by atoms with Crippen molar-refractivity contribution in [1.82, 2.24) is 9.78 Å². The molecule has 0 fully saturated rings. The van der Waals surface area contributed by atoms with Gasteiger partial charge in [0.15, 0.2) is 0 Å². The Balaban J connectivity index is 2.23. The van der Waals surface area contributed by atoms with Crippen LogP contribution in [0.3, 0.4) is 0 Å². The molecular weight excluding hydrogens is 234 g/mol. The van der Waals surface area contributed by atoms with Crippen molar-refractivity contribution in [3.05, 3.63) is 66.4 Å². The third kappa shape index (κ3) is 1.99. The molecular formula is C16H15N3. The average Bonchev–Trinajstić information content (AvgIpc) is 2.82. The van der Waals surface area contributed by atoms with Crippen LogP contribution in [-0.4, -0.2) is 9.78 Å². The second-order valence-corrected chi connectivity index (χ2v) is 4.51. The summed E-state index contributed by atoms with van der Waals surface area (Å²) < 4.78 is 1.89. The third-order valence-electron chi connectivity index (χ3n) is 3.20. The molecule has 2 aromatic carbocycles. The van der Waals surface area contributed by atoms with Crippen LogP contribution in [-0.2, 0) is 0 Å². The van der Waals surface area contributed by atoms with E-state index in [0.717, 1.165) is 16.9 Å². The first-order chi connectivity index (χ1) is 9.27. The molecule has 0 aliphatic carbocycles. The summed E-state index contributed by atoms with van der Waals surface area (Å²) in [5.41, 5.74) is 11.0. The first-order valence-corrected chi connectivity index (χ1v) is 6.22. The van der Waals surface area contributed by atoms with Gasteiger partial charge < -0.3 is 5.73 Å². The highest BCUT2D eigenvalue weighted by molar-refractivity contribution is 5.76. The van der Waals surface area contributed by atoms with Gasteiger partial charge in [0.05, 0.1) is 23.3 Å². The minimum Gasteiger partial charge on any atom is -0.396 e. The SMILES string of the molecule is Cc1ccccc1-c1c(N)cnn1-c1ccccc1. The van der Waals surface area contributed by atoms with Gasteiger partial charge in [-0.1, -0.05) is 42.5 Å². The van der Waals surface area contributed by atoms with E-state index in [1.54, 1.807) is 6.20 Å². The fraction of sp³-hybridized carbons (Fsp3) is 0.0625. The van der Waals surface area contributed by atoms with Crippen LogP contribution in [0.2, 0.25) is 0 Å². The van der Waals surface area contributed by atoms with Gasteiger partial charge in [0.1, 0.15) is 0 Å². The standard InChI is InChI=1S/C16H15N3/c1-12-7-5-6-10-14(12)16-15(17)11-18-19(16)13-8-3-2-4-9-13/h2-11H,17H2,1H3. The molecule has 0 amide bonds. The lowest BCUT2D eigenvalue weighted by atomic mass is 10.0. The van der Waals surface area contributed by atoms with E-state index in [0.29, 0.717) is 5.69 Å². The van der Waals surface area contributed by atoms with Crippen molar-refractivity contribution < 1.29 is 0 Å². The largest absolute Gasteiger partial charge is 0.396 e. The van der Waals surface area contributed by atoms with Crippen molar-refractivity contribution in [1.29, 1.82) is 0 Å². The molecule has 0 unspecified atom stereocenters. The van der Waals surface area contributed by atoms with Gasteiger partial charge in [0.25, 0.3) is 0 Å². The molecule has 3 rings (SSSR count). The fourth-order valence-corrected chi connectivity index (χ4v) is 2.23. The number of nitrogen functional groups attached to an aromatic ring is 1. The lowest BCUT2D eigenvalue weighted by Crippen LogP contribution is -2.00. The highest BCUT2D eigenvalue weighted by Crippen LogP contribution is 2.30. The van der Waals surface area contributed by atoms with Crippen LogP contribution in [0.25, 0.3) is 16.9 Å². The molecule has 0 aliphatic heterocycles. The second kappa shape index (κ2) is 4.61. The number of benzene rings is 2. The van der Waals surface area contributed by atoms with E-state index in [4.69, 9.17) is 5.73 Å². The van der Waals surface area contributed by atoms with Crippen molar-refractivity contribution in [2.45, 2.75) is 6.92 Å². The molecule has 3 aromatic rings. The quantitative estimate of drug-likeness (QED) is 0.756. The Bertz CT molecular complexity index is 699. The predicted octanol–water partition coefficient (Wildman–Crippen LogP) is 3.43. The van der Waals surface area contributed by atoms with Crippen molar-refractivity contribution in [3.63, 3.8) is 0 Å². The third-order valence-corrected chi connectivity index (χ3v) is 3.20. The Kier molecular flexibility index (Phi) is 2.80. The zero-order valence-electron chi connectivity index (χ0n) is 10.7. The molecule has 2 N–H and O–H groups in total. The first kappa shape index (κ1) is 11.5. The molecule has 0 saturated heterocycles. The summed E-state index contributed by atoms with van der Waals surface area (Å²) in [7, 11) is 0. The van der Waals surface area contributed by atoms with Gasteiger partial charge >= 0.3 is 0 Å². The molecule has 3 nitrogen and oxygen atoms in total. The van der Waals surface area contributed by atoms with Crippen molar-refractivity contribution >= 4 is 5.69 Å². The number of nitrogens with zero attached hydrogens (tertiary/aromatic N) is 2. The topological polar surface area (TPSA) is 43.8 Å². The summed E-state index contributed by atoms with van der Waals surface area (Å²) in [6.45, 7) is 2.08. The second-order valence-electron chi connectivity index (χ2n) is 4.51. The maximum absolute atomic E-state index is 6.10. The smallest absolute Gasteiger partial charge is 0.0973 e. The van der Waals surface area contributed by atoms with E-state index in [1.807, 2.05) is 47.1 Å². The van der Waals surface area contributed by atoms with E-state index in [9.17, 15) is 0 Å². The number of nitrogens with two attached hydrogens (primary N) is 1. The number of anilines is 1. The molecule has 0 spiro atoms. The van der Waals surface area contributed by atoms with Gasteiger partial charge in [0, 0.05) is 5.56 Å². The number of hydrogen-bond acceptors (Lipinski definition) is 2. The normalized spacial score (nSPS) is 10.6. The average molecular weight is 249 g/mol. The van der Waals surface area contributed by atoms with Gasteiger partial charge in [-0.15, -0.1) is 0 Å². The summed E-state index contributed by atoms with van der Waals surface area (Å²) in [5, 5.41) is 4.40. The van der Waals surface area contributed by atoms with Crippen LogP contribution >= 0.6 is 0 Å².